The van der Waals surface area contributed by atoms with Crippen LogP contribution in [0.1, 0.15) is 35.0 Å². The van der Waals surface area contributed by atoms with Crippen LogP contribution in [-0.4, -0.2) is 17.6 Å². The third kappa shape index (κ3) is 3.15. The minimum absolute atomic E-state index is 0.228. The summed E-state index contributed by atoms with van der Waals surface area (Å²) < 4.78 is 80.2. The molecule has 0 aliphatic rings. The van der Waals surface area contributed by atoms with Gasteiger partial charge in [-0.05, 0) is 6.92 Å². The highest BCUT2D eigenvalue weighted by Crippen LogP contribution is 2.36. The Labute approximate surface area is 103 Å². The second kappa shape index (κ2) is 5.45. The van der Waals surface area contributed by atoms with Crippen LogP contribution in [0, 0.1) is 5.82 Å². The number of ether oxygens (including phenoxy) is 1. The highest BCUT2D eigenvalue weighted by atomic mass is 19.4. The number of aromatic nitrogens is 1. The average molecular weight is 287 g/mol. The Hall–Kier alpha value is -1.80. The summed E-state index contributed by atoms with van der Waals surface area (Å²) >= 11 is 0. The number of nitrogens with zero attached hydrogens (tertiary/aromatic N) is 1. The Morgan fingerprint density at radius 1 is 1.42 bits per heavy atom. The van der Waals surface area contributed by atoms with E-state index >= 15 is 0 Å². The lowest BCUT2D eigenvalue weighted by Crippen LogP contribution is -2.19. The molecule has 0 atom stereocenters. The van der Waals surface area contributed by atoms with Crippen LogP contribution in [-0.2, 0) is 10.9 Å². The Morgan fingerprint density at radius 3 is 2.42 bits per heavy atom. The number of hydrogen-bond donors (Lipinski definition) is 0. The van der Waals surface area contributed by atoms with E-state index in [-0.39, 0.29) is 12.8 Å². The summed E-state index contributed by atoms with van der Waals surface area (Å²) in [6.45, 7) is 1.07. The van der Waals surface area contributed by atoms with Crippen molar-refractivity contribution >= 4 is 5.97 Å². The van der Waals surface area contributed by atoms with E-state index in [2.05, 4.69) is 9.72 Å². The lowest BCUT2D eigenvalue weighted by atomic mass is 10.1. The molecule has 9 heteroatoms. The number of carbonyl (C=O) groups is 1. The van der Waals surface area contributed by atoms with Crippen LogP contribution < -0.4 is 0 Å². The van der Waals surface area contributed by atoms with Crippen LogP contribution in [0.3, 0.4) is 0 Å². The number of carbonyl (C=O) groups excluding carboxylic acids is 1. The summed E-state index contributed by atoms with van der Waals surface area (Å²) in [6, 6.07) is 0. The van der Waals surface area contributed by atoms with Crippen molar-refractivity contribution in [1.29, 1.82) is 0 Å². The zero-order valence-corrected chi connectivity index (χ0v) is 9.39. The molecule has 0 bridgehead atoms. The molecule has 1 rings (SSSR count). The van der Waals surface area contributed by atoms with Crippen molar-refractivity contribution in [3.05, 3.63) is 28.8 Å². The lowest BCUT2D eigenvalue weighted by Gasteiger charge is -2.14. The fourth-order valence-electron chi connectivity index (χ4n) is 1.29. The number of pyridine rings is 1. The Bertz CT molecular complexity index is 486. The summed E-state index contributed by atoms with van der Waals surface area (Å²) in [5, 5.41) is 0. The first-order valence-corrected chi connectivity index (χ1v) is 4.91. The van der Waals surface area contributed by atoms with Crippen LogP contribution in [0.15, 0.2) is 6.20 Å². The summed E-state index contributed by atoms with van der Waals surface area (Å²) in [6.07, 6.45) is -8.62. The smallest absolute Gasteiger partial charge is 0.420 e. The molecule has 0 spiro atoms. The van der Waals surface area contributed by atoms with Gasteiger partial charge in [0.2, 0.25) is 0 Å². The molecule has 0 saturated carbocycles. The topological polar surface area (TPSA) is 39.2 Å². The van der Waals surface area contributed by atoms with Gasteiger partial charge in [-0.1, -0.05) is 0 Å². The van der Waals surface area contributed by atoms with E-state index in [0.29, 0.717) is 0 Å². The maximum absolute atomic E-state index is 13.4. The molecule has 0 unspecified atom stereocenters. The van der Waals surface area contributed by atoms with Crippen molar-refractivity contribution in [2.75, 3.05) is 6.61 Å². The van der Waals surface area contributed by atoms with Gasteiger partial charge in [-0.3, -0.25) is 4.98 Å². The van der Waals surface area contributed by atoms with Crippen molar-refractivity contribution < 1.29 is 35.9 Å². The van der Waals surface area contributed by atoms with E-state index in [4.69, 9.17) is 0 Å². The largest absolute Gasteiger partial charge is 0.462 e. The zero-order chi connectivity index (χ0) is 14.8. The highest BCUT2D eigenvalue weighted by Gasteiger charge is 2.41. The molecule has 0 aromatic carbocycles. The molecule has 0 aliphatic heterocycles. The van der Waals surface area contributed by atoms with Crippen molar-refractivity contribution in [2.45, 2.75) is 19.5 Å². The molecular weight excluding hydrogens is 280 g/mol. The summed E-state index contributed by atoms with van der Waals surface area (Å²) in [5.41, 5.74) is -5.01. The van der Waals surface area contributed by atoms with Crippen LogP contribution in [0.25, 0.3) is 0 Å². The number of rotatable bonds is 3. The second-order valence-electron chi connectivity index (χ2n) is 3.27. The van der Waals surface area contributed by atoms with Crippen molar-refractivity contribution in [3.63, 3.8) is 0 Å². The van der Waals surface area contributed by atoms with Gasteiger partial charge in [0.1, 0.15) is 11.3 Å². The van der Waals surface area contributed by atoms with Crippen molar-refractivity contribution in [1.82, 2.24) is 4.98 Å². The van der Waals surface area contributed by atoms with Crippen molar-refractivity contribution in [2.24, 2.45) is 0 Å². The van der Waals surface area contributed by atoms with Gasteiger partial charge >= 0.3 is 12.1 Å². The second-order valence-corrected chi connectivity index (χ2v) is 3.27. The zero-order valence-electron chi connectivity index (χ0n) is 9.39. The van der Waals surface area contributed by atoms with Gasteiger partial charge in [0.25, 0.3) is 6.43 Å². The number of esters is 1. The molecule has 1 aromatic rings. The molecule has 0 amide bonds. The quantitative estimate of drug-likeness (QED) is 0.632. The summed E-state index contributed by atoms with van der Waals surface area (Å²) in [5.74, 6) is -3.75. The fourth-order valence-corrected chi connectivity index (χ4v) is 1.29. The van der Waals surface area contributed by atoms with Gasteiger partial charge in [-0.25, -0.2) is 18.0 Å². The van der Waals surface area contributed by atoms with Crippen LogP contribution in [0.5, 0.6) is 0 Å². The van der Waals surface area contributed by atoms with Gasteiger partial charge in [-0.2, -0.15) is 13.2 Å². The van der Waals surface area contributed by atoms with E-state index in [9.17, 15) is 31.1 Å². The molecule has 1 heterocycles. The number of halogens is 6. The van der Waals surface area contributed by atoms with E-state index in [1.807, 2.05) is 0 Å². The minimum Gasteiger partial charge on any atom is -0.462 e. The molecule has 106 valence electrons. The number of hydrogen-bond acceptors (Lipinski definition) is 3. The first-order valence-electron chi connectivity index (χ1n) is 4.91. The first kappa shape index (κ1) is 15.3. The normalized spacial score (nSPS) is 11.8. The Balaban J connectivity index is 3.49. The van der Waals surface area contributed by atoms with Crippen LogP contribution in [0.4, 0.5) is 26.3 Å². The molecule has 0 radical (unpaired) electrons. The summed E-state index contributed by atoms with van der Waals surface area (Å²) in [7, 11) is 0. The predicted molar refractivity (Wildman–Crippen MR) is 50.1 cm³/mol. The number of alkyl halides is 5. The maximum atomic E-state index is 13.4. The highest BCUT2D eigenvalue weighted by molar-refractivity contribution is 5.91. The van der Waals surface area contributed by atoms with Gasteiger partial charge in [0, 0.05) is 6.20 Å². The fraction of sp³-hybridized carbons (Fsp3) is 0.400. The molecule has 3 nitrogen and oxygen atoms in total. The average Bonchev–Trinajstić information content (AvgIpc) is 2.26. The molecule has 1 aromatic heterocycles. The van der Waals surface area contributed by atoms with Gasteiger partial charge in [0.05, 0.1) is 12.2 Å². The maximum Gasteiger partial charge on any atom is 0.420 e. The molecule has 0 aliphatic carbocycles. The Morgan fingerprint density at radius 2 is 2.00 bits per heavy atom. The van der Waals surface area contributed by atoms with Crippen LogP contribution >= 0.6 is 0 Å². The Kier molecular flexibility index (Phi) is 4.38. The van der Waals surface area contributed by atoms with E-state index in [1.54, 1.807) is 0 Å². The predicted octanol–water partition coefficient (Wildman–Crippen LogP) is 3.35. The monoisotopic (exact) mass is 287 g/mol. The first-order chi connectivity index (χ1) is 8.70. The molecule has 0 N–H and O–H groups in total. The van der Waals surface area contributed by atoms with Gasteiger partial charge in [0.15, 0.2) is 5.82 Å². The third-order valence-electron chi connectivity index (χ3n) is 2.03. The molecule has 0 fully saturated rings. The standard InChI is InChI=1S/C10H7F6NO2/c1-2-19-9(18)4-3-17-7(8(12)13)6(11)5(4)10(14,15)16/h3,8H,2H2,1H3. The van der Waals surface area contributed by atoms with E-state index in [1.165, 1.54) is 6.92 Å². The molecule has 0 saturated heterocycles. The van der Waals surface area contributed by atoms with Gasteiger partial charge in [-0.15, -0.1) is 0 Å². The minimum atomic E-state index is -5.32. The van der Waals surface area contributed by atoms with E-state index < -0.39 is 41.2 Å². The van der Waals surface area contributed by atoms with Crippen molar-refractivity contribution in [3.8, 4) is 0 Å². The lowest BCUT2D eigenvalue weighted by molar-refractivity contribution is -0.140. The third-order valence-corrected chi connectivity index (χ3v) is 2.03. The van der Waals surface area contributed by atoms with Crippen LogP contribution in [0.2, 0.25) is 0 Å². The van der Waals surface area contributed by atoms with Gasteiger partial charge < -0.3 is 4.74 Å². The summed E-state index contributed by atoms with van der Waals surface area (Å²) in [4.78, 5) is 14.1. The molecular formula is C10H7F6NO2. The van der Waals surface area contributed by atoms with E-state index in [0.717, 1.165) is 0 Å². The molecule has 19 heavy (non-hydrogen) atoms. The SMILES string of the molecule is CCOC(=O)c1cnc(C(F)F)c(F)c1C(F)(F)F.